The van der Waals surface area contributed by atoms with E-state index in [1.54, 1.807) is 36.0 Å². The maximum Gasteiger partial charge on any atom is 0.295 e. The van der Waals surface area contributed by atoms with Crippen molar-refractivity contribution in [1.29, 1.82) is 0 Å². The van der Waals surface area contributed by atoms with Crippen molar-refractivity contribution < 1.29 is 0 Å². The van der Waals surface area contributed by atoms with E-state index in [4.69, 9.17) is 11.6 Å². The molecule has 0 aliphatic heterocycles. The second-order valence-corrected chi connectivity index (χ2v) is 4.08. The van der Waals surface area contributed by atoms with Crippen molar-refractivity contribution in [2.45, 2.75) is 27.3 Å². The minimum Gasteiger partial charge on any atom is -0.307 e. The van der Waals surface area contributed by atoms with Gasteiger partial charge in [-0.25, -0.2) is 9.67 Å². The van der Waals surface area contributed by atoms with Gasteiger partial charge in [0.25, 0.3) is 5.56 Å². The Labute approximate surface area is 117 Å². The van der Waals surface area contributed by atoms with Crippen LogP contribution in [0.25, 0.3) is 5.82 Å². The fourth-order valence-corrected chi connectivity index (χ4v) is 1.71. The van der Waals surface area contributed by atoms with E-state index in [1.807, 2.05) is 13.8 Å². The molecule has 0 unspecified atom stereocenters. The molecule has 6 heteroatoms. The van der Waals surface area contributed by atoms with Crippen molar-refractivity contribution in [3.8, 4) is 5.82 Å². The first-order valence-electron chi connectivity index (χ1n) is 5.90. The lowest BCUT2D eigenvalue weighted by Crippen LogP contribution is -2.27. The lowest BCUT2D eigenvalue weighted by atomic mass is 10.4. The van der Waals surface area contributed by atoms with Gasteiger partial charge in [0, 0.05) is 18.9 Å². The molecule has 19 heavy (non-hydrogen) atoms. The molecule has 0 bridgehead atoms. The molecule has 2 aromatic heterocycles. The Bertz CT molecular complexity index is 602. The van der Waals surface area contributed by atoms with Crippen molar-refractivity contribution in [3.63, 3.8) is 0 Å². The van der Waals surface area contributed by atoms with Crippen LogP contribution < -0.4 is 5.56 Å². The van der Waals surface area contributed by atoms with E-state index in [-0.39, 0.29) is 11.4 Å². The Morgan fingerprint density at radius 1 is 1.53 bits per heavy atom. The van der Waals surface area contributed by atoms with Gasteiger partial charge in [-0.3, -0.25) is 4.79 Å². The second-order valence-electron chi connectivity index (χ2n) is 3.72. The van der Waals surface area contributed by atoms with Crippen molar-refractivity contribution in [2.75, 3.05) is 0 Å². The Balaban J connectivity index is 0.000000550. The van der Waals surface area contributed by atoms with Crippen LogP contribution in [-0.2, 0) is 6.54 Å². The zero-order chi connectivity index (χ0) is 14.4. The molecule has 0 saturated carbocycles. The summed E-state index contributed by atoms with van der Waals surface area (Å²) in [5.74, 6) is 0.224. The van der Waals surface area contributed by atoms with Crippen LogP contribution in [0.15, 0.2) is 35.9 Å². The van der Waals surface area contributed by atoms with Crippen LogP contribution in [0.4, 0.5) is 0 Å². The summed E-state index contributed by atoms with van der Waals surface area (Å²) in [6.45, 7) is 9.46. The van der Waals surface area contributed by atoms with Gasteiger partial charge in [-0.2, -0.15) is 5.10 Å². The van der Waals surface area contributed by atoms with Gasteiger partial charge in [0.1, 0.15) is 0 Å². The highest BCUT2D eigenvalue weighted by atomic mass is 35.5. The minimum absolute atomic E-state index is 0.187. The Kier molecular flexibility index (Phi) is 5.51. The molecule has 2 heterocycles. The monoisotopic (exact) mass is 280 g/mol. The smallest absolute Gasteiger partial charge is 0.295 e. The third kappa shape index (κ3) is 3.32. The van der Waals surface area contributed by atoms with E-state index >= 15 is 0 Å². The summed E-state index contributed by atoms with van der Waals surface area (Å²) < 4.78 is 2.99. The molecular formula is C13H17ClN4O. The van der Waals surface area contributed by atoms with E-state index in [2.05, 4.69) is 16.7 Å². The Hall–Kier alpha value is -1.88. The average Bonchev–Trinajstić information content (AvgIpc) is 2.89. The molecule has 2 rings (SSSR count). The molecule has 0 radical (unpaired) electrons. The molecule has 2 aromatic rings. The molecule has 0 aliphatic rings. The highest BCUT2D eigenvalue weighted by molar-refractivity contribution is 6.30. The lowest BCUT2D eigenvalue weighted by molar-refractivity contribution is 0.670. The predicted molar refractivity (Wildman–Crippen MR) is 76.9 cm³/mol. The molecule has 102 valence electrons. The average molecular weight is 281 g/mol. The SMILES string of the molecule is C=CC.CCn1c(C)c(Cl)nc(-n2cccn2)c1=O. The van der Waals surface area contributed by atoms with Gasteiger partial charge in [0.05, 0.1) is 5.69 Å². The standard InChI is InChI=1S/C10H11ClN4O.C3H6/c1-3-14-7(2)8(11)13-9(10(14)16)15-6-4-5-12-15;1-3-2/h4-6H,3H2,1-2H3;3H,1H2,2H3. The number of halogens is 1. The van der Waals surface area contributed by atoms with Gasteiger partial charge in [-0.15, -0.1) is 6.58 Å². The topological polar surface area (TPSA) is 52.7 Å². The van der Waals surface area contributed by atoms with E-state index in [0.717, 1.165) is 0 Å². The Morgan fingerprint density at radius 3 is 2.63 bits per heavy atom. The number of rotatable bonds is 2. The van der Waals surface area contributed by atoms with Crippen LogP contribution in [0.2, 0.25) is 5.15 Å². The summed E-state index contributed by atoms with van der Waals surface area (Å²) in [5.41, 5.74) is 0.484. The third-order valence-corrected chi connectivity index (χ3v) is 2.74. The minimum atomic E-state index is -0.187. The molecule has 0 aromatic carbocycles. The van der Waals surface area contributed by atoms with Crippen LogP contribution in [0.3, 0.4) is 0 Å². The third-order valence-electron chi connectivity index (χ3n) is 2.38. The summed E-state index contributed by atoms with van der Waals surface area (Å²) in [7, 11) is 0. The number of hydrogen-bond acceptors (Lipinski definition) is 3. The van der Waals surface area contributed by atoms with Crippen LogP contribution in [-0.4, -0.2) is 19.3 Å². The number of hydrogen-bond donors (Lipinski definition) is 0. The summed E-state index contributed by atoms with van der Waals surface area (Å²) in [6, 6.07) is 1.73. The molecule has 0 aliphatic carbocycles. The van der Waals surface area contributed by atoms with Crippen molar-refractivity contribution in [1.82, 2.24) is 19.3 Å². The van der Waals surface area contributed by atoms with Crippen LogP contribution in [0.1, 0.15) is 19.5 Å². The molecule has 0 fully saturated rings. The van der Waals surface area contributed by atoms with Gasteiger partial charge in [-0.05, 0) is 26.8 Å². The lowest BCUT2D eigenvalue weighted by Gasteiger charge is -2.10. The van der Waals surface area contributed by atoms with Gasteiger partial charge >= 0.3 is 0 Å². The quantitative estimate of drug-likeness (QED) is 0.795. The fraction of sp³-hybridized carbons (Fsp3) is 0.308. The molecular weight excluding hydrogens is 264 g/mol. The van der Waals surface area contributed by atoms with Crippen LogP contribution in [0, 0.1) is 6.92 Å². The van der Waals surface area contributed by atoms with Gasteiger partial charge in [0.15, 0.2) is 5.15 Å². The maximum atomic E-state index is 12.1. The molecule has 0 spiro atoms. The van der Waals surface area contributed by atoms with Crippen molar-refractivity contribution in [3.05, 3.63) is 52.3 Å². The van der Waals surface area contributed by atoms with Crippen LogP contribution >= 0.6 is 11.6 Å². The highest BCUT2D eigenvalue weighted by Crippen LogP contribution is 2.11. The number of nitrogens with zero attached hydrogens (tertiary/aromatic N) is 4. The van der Waals surface area contributed by atoms with Crippen molar-refractivity contribution >= 4 is 11.6 Å². The molecule has 0 saturated heterocycles. The summed E-state index contributed by atoms with van der Waals surface area (Å²) >= 11 is 5.97. The summed E-state index contributed by atoms with van der Waals surface area (Å²) in [4.78, 5) is 16.1. The van der Waals surface area contributed by atoms with Crippen molar-refractivity contribution in [2.24, 2.45) is 0 Å². The molecule has 0 atom stereocenters. The number of aromatic nitrogens is 4. The zero-order valence-corrected chi connectivity index (χ0v) is 12.1. The first kappa shape index (κ1) is 15.2. The van der Waals surface area contributed by atoms with Gasteiger partial charge < -0.3 is 4.57 Å². The van der Waals surface area contributed by atoms with E-state index in [0.29, 0.717) is 17.4 Å². The molecule has 5 nitrogen and oxygen atoms in total. The maximum absolute atomic E-state index is 12.1. The van der Waals surface area contributed by atoms with Crippen LogP contribution in [0.5, 0.6) is 0 Å². The second kappa shape index (κ2) is 6.89. The summed E-state index contributed by atoms with van der Waals surface area (Å²) in [5, 5.41) is 4.30. The normalized spacial score (nSPS) is 9.68. The van der Waals surface area contributed by atoms with E-state index in [9.17, 15) is 4.79 Å². The van der Waals surface area contributed by atoms with E-state index in [1.165, 1.54) is 4.68 Å². The fourth-order valence-electron chi connectivity index (χ4n) is 1.53. The Morgan fingerprint density at radius 2 is 2.16 bits per heavy atom. The molecule has 0 amide bonds. The van der Waals surface area contributed by atoms with E-state index < -0.39 is 0 Å². The highest BCUT2D eigenvalue weighted by Gasteiger charge is 2.12. The first-order chi connectivity index (χ1) is 9.06. The van der Waals surface area contributed by atoms with Gasteiger partial charge in [0.2, 0.25) is 5.82 Å². The molecule has 0 N–H and O–H groups in total. The first-order valence-corrected chi connectivity index (χ1v) is 6.28. The number of allylic oxidation sites excluding steroid dienone is 1. The predicted octanol–water partition coefficient (Wildman–Crippen LogP) is 2.60. The summed E-state index contributed by atoms with van der Waals surface area (Å²) in [6.07, 6.45) is 5.00. The largest absolute Gasteiger partial charge is 0.307 e. The zero-order valence-electron chi connectivity index (χ0n) is 11.3. The van der Waals surface area contributed by atoms with Gasteiger partial charge in [-0.1, -0.05) is 17.7 Å².